The molecule has 1 saturated carbocycles. The van der Waals surface area contributed by atoms with Gasteiger partial charge in [-0.1, -0.05) is 87.9 Å². The van der Waals surface area contributed by atoms with Crippen molar-refractivity contribution >= 4 is 23.2 Å². The van der Waals surface area contributed by atoms with Crippen LogP contribution >= 0.6 is 11.6 Å². The van der Waals surface area contributed by atoms with Gasteiger partial charge in [-0.3, -0.25) is 9.59 Å². The van der Waals surface area contributed by atoms with Crippen molar-refractivity contribution in [3.63, 3.8) is 0 Å². The number of hydrogen-bond donors (Lipinski definition) is 0. The third kappa shape index (κ3) is 6.41. The van der Waals surface area contributed by atoms with Crippen LogP contribution in [-0.4, -0.2) is 29.1 Å². The van der Waals surface area contributed by atoms with Gasteiger partial charge in [-0.25, -0.2) is 0 Å². The van der Waals surface area contributed by atoms with E-state index in [4.69, 9.17) is 21.1 Å². The Bertz CT molecular complexity index is 1550. The first kappa shape index (κ1) is 32.9. The van der Waals surface area contributed by atoms with Crippen molar-refractivity contribution in [3.8, 4) is 11.5 Å². The first-order valence-corrected chi connectivity index (χ1v) is 17.6. The van der Waals surface area contributed by atoms with Crippen LogP contribution < -0.4 is 9.47 Å². The normalized spacial score (nSPS) is 21.8. The SMILES string of the molecule is CCOc1cc(C2C3=C(CC(C)(C)CC3=O)N(C3CCCCC3)C3=C2C(=O)CC(C)(C)C3)cc(Cl)c1OCc1cc(C)cc(C)c1. The lowest BCUT2D eigenvalue weighted by Gasteiger charge is -2.52. The van der Waals surface area contributed by atoms with E-state index in [9.17, 15) is 9.59 Å². The van der Waals surface area contributed by atoms with Crippen molar-refractivity contribution in [1.82, 2.24) is 4.90 Å². The van der Waals surface area contributed by atoms with E-state index in [0.717, 1.165) is 59.4 Å². The van der Waals surface area contributed by atoms with Crippen LogP contribution in [0, 0.1) is 24.7 Å². The molecule has 0 amide bonds. The molecule has 0 aromatic heterocycles. The Hall–Kier alpha value is -3.05. The molecule has 0 N–H and O–H groups in total. The van der Waals surface area contributed by atoms with Crippen molar-refractivity contribution < 1.29 is 19.1 Å². The number of Topliss-reactive ketones (excluding diaryl/α,β-unsaturated/α-hetero) is 2. The largest absolute Gasteiger partial charge is 0.490 e. The zero-order chi connectivity index (χ0) is 33.0. The van der Waals surface area contributed by atoms with E-state index in [2.05, 4.69) is 64.6 Å². The van der Waals surface area contributed by atoms with Gasteiger partial charge in [0.2, 0.25) is 0 Å². The molecule has 0 spiro atoms. The van der Waals surface area contributed by atoms with Gasteiger partial charge in [-0.2, -0.15) is 0 Å². The average molecular weight is 644 g/mol. The highest BCUT2D eigenvalue weighted by Crippen LogP contribution is 2.56. The molecule has 3 aliphatic carbocycles. The van der Waals surface area contributed by atoms with Crippen molar-refractivity contribution in [2.45, 2.75) is 125 Å². The summed E-state index contributed by atoms with van der Waals surface area (Å²) in [6.45, 7) is 15.7. The Morgan fingerprint density at radius 3 is 1.89 bits per heavy atom. The Morgan fingerprint density at radius 2 is 1.35 bits per heavy atom. The van der Waals surface area contributed by atoms with E-state index in [-0.39, 0.29) is 22.4 Å². The molecule has 6 rings (SSSR count). The van der Waals surface area contributed by atoms with Gasteiger partial charge in [0.1, 0.15) is 6.61 Å². The van der Waals surface area contributed by atoms with Gasteiger partial charge < -0.3 is 14.4 Å². The quantitative estimate of drug-likeness (QED) is 0.301. The lowest BCUT2D eigenvalue weighted by molar-refractivity contribution is -0.119. The molecular formula is C40H50ClNO4. The number of ketones is 2. The van der Waals surface area contributed by atoms with Gasteiger partial charge in [0.15, 0.2) is 23.1 Å². The summed E-state index contributed by atoms with van der Waals surface area (Å²) in [7, 11) is 0. The third-order valence-corrected chi connectivity index (χ3v) is 10.5. The van der Waals surface area contributed by atoms with Crippen LogP contribution in [0.15, 0.2) is 52.9 Å². The number of allylic oxidation sites excluding steroid dienone is 4. The summed E-state index contributed by atoms with van der Waals surface area (Å²) in [6.07, 6.45) is 8.35. The lowest BCUT2D eigenvalue weighted by Crippen LogP contribution is -2.48. The van der Waals surface area contributed by atoms with Crippen molar-refractivity contribution in [1.29, 1.82) is 0 Å². The van der Waals surface area contributed by atoms with Crippen LogP contribution in [0.5, 0.6) is 11.5 Å². The average Bonchev–Trinajstić information content (AvgIpc) is 2.94. The van der Waals surface area contributed by atoms with Gasteiger partial charge >= 0.3 is 0 Å². The Morgan fingerprint density at radius 1 is 0.783 bits per heavy atom. The fourth-order valence-electron chi connectivity index (χ4n) is 8.57. The second-order valence-electron chi connectivity index (χ2n) is 15.7. The minimum Gasteiger partial charge on any atom is -0.490 e. The van der Waals surface area contributed by atoms with E-state index < -0.39 is 5.92 Å². The fourth-order valence-corrected chi connectivity index (χ4v) is 8.85. The minimum atomic E-state index is -0.470. The molecule has 1 heterocycles. The molecular weight excluding hydrogens is 594 g/mol. The molecule has 0 atom stereocenters. The van der Waals surface area contributed by atoms with Crippen LogP contribution in [0.25, 0.3) is 0 Å². The van der Waals surface area contributed by atoms with Gasteiger partial charge in [0.25, 0.3) is 0 Å². The zero-order valence-corrected chi connectivity index (χ0v) is 29.5. The van der Waals surface area contributed by atoms with E-state index in [1.165, 1.54) is 30.4 Å². The van der Waals surface area contributed by atoms with Crippen LogP contribution in [0.4, 0.5) is 0 Å². The second kappa shape index (κ2) is 12.5. The molecule has 5 nitrogen and oxygen atoms in total. The topological polar surface area (TPSA) is 55.8 Å². The molecule has 246 valence electrons. The van der Waals surface area contributed by atoms with Gasteiger partial charge in [0, 0.05) is 47.3 Å². The van der Waals surface area contributed by atoms with Crippen molar-refractivity contribution in [2.24, 2.45) is 10.8 Å². The highest BCUT2D eigenvalue weighted by Gasteiger charge is 2.50. The number of halogens is 1. The molecule has 0 saturated heterocycles. The van der Waals surface area contributed by atoms with Gasteiger partial charge in [0.05, 0.1) is 11.6 Å². The number of hydrogen-bond acceptors (Lipinski definition) is 5. The van der Waals surface area contributed by atoms with E-state index in [0.29, 0.717) is 48.6 Å². The Kier molecular flexibility index (Phi) is 8.95. The number of carbonyl (C=O) groups excluding carboxylic acids is 2. The molecule has 1 aliphatic heterocycles. The van der Waals surface area contributed by atoms with Gasteiger partial charge in [-0.15, -0.1) is 0 Å². The molecule has 1 fully saturated rings. The smallest absolute Gasteiger partial charge is 0.180 e. The predicted molar refractivity (Wildman–Crippen MR) is 184 cm³/mol. The number of aryl methyl sites for hydroxylation is 2. The summed E-state index contributed by atoms with van der Waals surface area (Å²) in [4.78, 5) is 31.2. The second-order valence-corrected chi connectivity index (χ2v) is 16.2. The van der Waals surface area contributed by atoms with Crippen LogP contribution in [0.2, 0.25) is 5.02 Å². The highest BCUT2D eigenvalue weighted by molar-refractivity contribution is 6.32. The monoisotopic (exact) mass is 643 g/mol. The Balaban J connectivity index is 1.50. The van der Waals surface area contributed by atoms with Crippen LogP contribution in [0.3, 0.4) is 0 Å². The summed E-state index contributed by atoms with van der Waals surface area (Å²) in [5, 5.41) is 0.427. The predicted octanol–water partition coefficient (Wildman–Crippen LogP) is 9.95. The van der Waals surface area contributed by atoms with E-state index in [1.807, 2.05) is 19.1 Å². The Labute approximate surface area is 280 Å². The number of benzene rings is 2. The third-order valence-electron chi connectivity index (χ3n) is 10.2. The van der Waals surface area contributed by atoms with E-state index >= 15 is 0 Å². The first-order valence-electron chi connectivity index (χ1n) is 17.2. The summed E-state index contributed by atoms with van der Waals surface area (Å²) >= 11 is 7.06. The minimum absolute atomic E-state index is 0.144. The molecule has 2 aromatic rings. The van der Waals surface area contributed by atoms with Crippen molar-refractivity contribution in [3.05, 3.63) is 80.1 Å². The van der Waals surface area contributed by atoms with Crippen molar-refractivity contribution in [2.75, 3.05) is 6.61 Å². The molecule has 2 aromatic carbocycles. The summed E-state index contributed by atoms with van der Waals surface area (Å²) in [5.74, 6) is 0.848. The fraction of sp³-hybridized carbons (Fsp3) is 0.550. The molecule has 0 bridgehead atoms. The summed E-state index contributed by atoms with van der Waals surface area (Å²) in [5.41, 5.74) is 7.79. The van der Waals surface area contributed by atoms with Crippen LogP contribution in [0.1, 0.15) is 121 Å². The maximum Gasteiger partial charge on any atom is 0.180 e. The maximum atomic E-state index is 14.3. The highest BCUT2D eigenvalue weighted by atomic mass is 35.5. The zero-order valence-electron chi connectivity index (χ0n) is 28.8. The summed E-state index contributed by atoms with van der Waals surface area (Å²) in [6, 6.07) is 10.6. The molecule has 46 heavy (non-hydrogen) atoms. The number of ether oxygens (including phenoxy) is 2. The number of carbonyl (C=O) groups is 2. The maximum absolute atomic E-state index is 14.3. The lowest BCUT2D eigenvalue weighted by atomic mass is 9.63. The summed E-state index contributed by atoms with van der Waals surface area (Å²) < 4.78 is 12.5. The molecule has 0 unspecified atom stereocenters. The number of rotatable bonds is 7. The number of nitrogens with zero attached hydrogens (tertiary/aromatic N) is 1. The molecule has 4 aliphatic rings. The van der Waals surface area contributed by atoms with E-state index in [1.54, 1.807) is 0 Å². The van der Waals surface area contributed by atoms with Crippen LogP contribution in [-0.2, 0) is 16.2 Å². The van der Waals surface area contributed by atoms with Gasteiger partial charge in [-0.05, 0) is 80.5 Å². The first-order chi connectivity index (χ1) is 21.8. The molecule has 0 radical (unpaired) electrons. The standard InChI is InChI=1S/C40H50ClNO4/c1-8-45-34-18-27(17-29(41)38(34)46-23-26-15-24(2)14-25(3)16-26)35-36-30(19-39(4,5)21-32(36)43)42(28-12-10-9-11-13-28)31-20-40(6,7)22-33(44)37(31)35/h14-18,28,35H,8-13,19-23H2,1-7H3. The molecule has 6 heteroatoms.